The summed E-state index contributed by atoms with van der Waals surface area (Å²) in [5.74, 6) is 0.950. The molecule has 0 radical (unpaired) electrons. The van der Waals surface area contributed by atoms with Gasteiger partial charge < -0.3 is 9.47 Å². The van der Waals surface area contributed by atoms with Crippen molar-refractivity contribution in [3.8, 4) is 11.5 Å². The molecule has 0 fully saturated rings. The molecular weight excluding hydrogens is 400 g/mol. The van der Waals surface area contributed by atoms with Gasteiger partial charge in [0.2, 0.25) is 0 Å². The summed E-state index contributed by atoms with van der Waals surface area (Å²) in [5, 5.41) is 4.71. The van der Waals surface area contributed by atoms with Crippen LogP contribution in [-0.4, -0.2) is 18.7 Å². The third kappa shape index (κ3) is 5.61. The Morgan fingerprint density at radius 1 is 1.03 bits per heavy atom. The number of nitrogens with one attached hydrogen (secondary N) is 1. The zero-order valence-electron chi connectivity index (χ0n) is 16.9. The van der Waals surface area contributed by atoms with Crippen LogP contribution in [0.2, 0.25) is 5.02 Å². The van der Waals surface area contributed by atoms with Gasteiger partial charge in [0.1, 0.15) is 6.61 Å². The molecule has 0 spiro atoms. The third-order valence-corrected chi connectivity index (χ3v) is 4.75. The molecule has 0 aliphatic rings. The highest BCUT2D eigenvalue weighted by atomic mass is 35.5. The van der Waals surface area contributed by atoms with Crippen molar-refractivity contribution in [2.45, 2.75) is 20.5 Å². The van der Waals surface area contributed by atoms with E-state index >= 15 is 0 Å². The van der Waals surface area contributed by atoms with E-state index in [4.69, 9.17) is 21.1 Å². The fourth-order valence-electron chi connectivity index (χ4n) is 2.82. The summed E-state index contributed by atoms with van der Waals surface area (Å²) in [4.78, 5) is 12.2. The van der Waals surface area contributed by atoms with Crippen LogP contribution in [-0.2, 0) is 6.61 Å². The van der Waals surface area contributed by atoms with Gasteiger partial charge in [0, 0.05) is 16.1 Å². The quantitative estimate of drug-likeness (QED) is 0.391. The van der Waals surface area contributed by atoms with Crippen LogP contribution in [0.1, 0.15) is 34.0 Å². The second-order valence-corrected chi connectivity index (χ2v) is 6.94. The number of ether oxygens (including phenoxy) is 2. The number of rotatable bonds is 8. The molecule has 3 rings (SSSR count). The van der Waals surface area contributed by atoms with Gasteiger partial charge in [-0.15, -0.1) is 0 Å². The fraction of sp³-hybridized carbons (Fsp3) is 0.167. The summed E-state index contributed by atoms with van der Waals surface area (Å²) < 4.78 is 11.6. The van der Waals surface area contributed by atoms with Gasteiger partial charge in [0.05, 0.1) is 12.8 Å². The van der Waals surface area contributed by atoms with Crippen molar-refractivity contribution in [1.82, 2.24) is 5.43 Å². The summed E-state index contributed by atoms with van der Waals surface area (Å²) in [6, 6.07) is 20.4. The number of halogens is 1. The van der Waals surface area contributed by atoms with Crippen molar-refractivity contribution in [3.05, 3.63) is 94.0 Å². The number of carbonyl (C=O) groups excluding carboxylic acids is 1. The van der Waals surface area contributed by atoms with Crippen LogP contribution >= 0.6 is 11.6 Å². The Bertz CT molecular complexity index is 1050. The second-order valence-electron chi connectivity index (χ2n) is 6.53. The van der Waals surface area contributed by atoms with E-state index in [0.29, 0.717) is 35.3 Å². The lowest BCUT2D eigenvalue weighted by Crippen LogP contribution is -2.18. The van der Waals surface area contributed by atoms with Crippen molar-refractivity contribution in [2.75, 3.05) is 6.61 Å². The van der Waals surface area contributed by atoms with E-state index in [2.05, 4.69) is 10.5 Å². The average Bonchev–Trinajstić information content (AvgIpc) is 2.74. The highest BCUT2D eigenvalue weighted by Gasteiger charge is 2.09. The number of hydrazone groups is 1. The van der Waals surface area contributed by atoms with Gasteiger partial charge in [-0.1, -0.05) is 48.0 Å². The molecule has 0 heterocycles. The number of nitrogens with zero attached hydrogens (tertiary/aromatic N) is 1. The molecule has 1 amide bonds. The predicted molar refractivity (Wildman–Crippen MR) is 120 cm³/mol. The van der Waals surface area contributed by atoms with Gasteiger partial charge in [-0.3, -0.25) is 4.79 Å². The van der Waals surface area contributed by atoms with E-state index in [0.717, 1.165) is 16.7 Å². The van der Waals surface area contributed by atoms with E-state index < -0.39 is 0 Å². The van der Waals surface area contributed by atoms with E-state index in [1.54, 1.807) is 12.3 Å². The Balaban J connectivity index is 1.68. The van der Waals surface area contributed by atoms with Crippen molar-refractivity contribution in [2.24, 2.45) is 5.10 Å². The van der Waals surface area contributed by atoms with Gasteiger partial charge in [-0.2, -0.15) is 5.10 Å². The molecule has 0 unspecified atom stereocenters. The summed E-state index contributed by atoms with van der Waals surface area (Å²) >= 11 is 6.19. The lowest BCUT2D eigenvalue weighted by Gasteiger charge is -2.13. The number of amides is 1. The largest absolute Gasteiger partial charge is 0.490 e. The van der Waals surface area contributed by atoms with Gasteiger partial charge in [-0.05, 0) is 55.3 Å². The molecule has 0 atom stereocenters. The molecule has 0 aromatic heterocycles. The SMILES string of the molecule is CCOc1cc(/C=N\NC(=O)c2ccccc2C)ccc1OCc1ccccc1Cl. The Hall–Kier alpha value is -3.31. The highest BCUT2D eigenvalue weighted by Crippen LogP contribution is 2.29. The molecule has 1 N–H and O–H groups in total. The number of hydrogen-bond acceptors (Lipinski definition) is 4. The van der Waals surface area contributed by atoms with Crippen molar-refractivity contribution < 1.29 is 14.3 Å². The molecule has 0 bridgehead atoms. The van der Waals surface area contributed by atoms with Crippen LogP contribution in [0.15, 0.2) is 71.8 Å². The molecule has 0 saturated heterocycles. The van der Waals surface area contributed by atoms with Crippen LogP contribution in [0.4, 0.5) is 0 Å². The molecule has 5 nitrogen and oxygen atoms in total. The first-order valence-electron chi connectivity index (χ1n) is 9.60. The molecule has 6 heteroatoms. The third-order valence-electron chi connectivity index (χ3n) is 4.38. The smallest absolute Gasteiger partial charge is 0.271 e. The molecule has 3 aromatic rings. The molecule has 30 heavy (non-hydrogen) atoms. The van der Waals surface area contributed by atoms with Crippen LogP contribution in [0.5, 0.6) is 11.5 Å². The minimum Gasteiger partial charge on any atom is -0.490 e. The van der Waals surface area contributed by atoms with E-state index in [1.165, 1.54) is 0 Å². The summed E-state index contributed by atoms with van der Waals surface area (Å²) in [6.07, 6.45) is 1.57. The number of carbonyl (C=O) groups is 1. The Morgan fingerprint density at radius 3 is 2.57 bits per heavy atom. The number of aryl methyl sites for hydroxylation is 1. The average molecular weight is 423 g/mol. The van der Waals surface area contributed by atoms with Crippen LogP contribution in [0, 0.1) is 6.92 Å². The Morgan fingerprint density at radius 2 is 1.80 bits per heavy atom. The van der Waals surface area contributed by atoms with Gasteiger partial charge in [0.15, 0.2) is 11.5 Å². The molecule has 154 valence electrons. The first kappa shape index (κ1) is 21.4. The van der Waals surface area contributed by atoms with E-state index in [9.17, 15) is 4.79 Å². The van der Waals surface area contributed by atoms with Gasteiger partial charge in [-0.25, -0.2) is 5.43 Å². The number of hydrogen-bond donors (Lipinski definition) is 1. The first-order chi connectivity index (χ1) is 14.6. The lowest BCUT2D eigenvalue weighted by molar-refractivity contribution is 0.0954. The zero-order valence-corrected chi connectivity index (χ0v) is 17.6. The fourth-order valence-corrected chi connectivity index (χ4v) is 3.01. The van der Waals surface area contributed by atoms with E-state index in [1.807, 2.05) is 74.5 Å². The van der Waals surface area contributed by atoms with Crippen molar-refractivity contribution in [3.63, 3.8) is 0 Å². The second kappa shape index (κ2) is 10.5. The minimum absolute atomic E-state index is 0.255. The normalized spacial score (nSPS) is 10.8. The van der Waals surface area contributed by atoms with Crippen LogP contribution in [0.25, 0.3) is 0 Å². The Labute approximate surface area is 181 Å². The summed E-state index contributed by atoms with van der Waals surface area (Å²) in [6.45, 7) is 4.61. The van der Waals surface area contributed by atoms with Crippen molar-refractivity contribution >= 4 is 23.7 Å². The molecule has 0 aliphatic heterocycles. The molecule has 3 aromatic carbocycles. The van der Waals surface area contributed by atoms with E-state index in [-0.39, 0.29) is 5.91 Å². The first-order valence-corrected chi connectivity index (χ1v) is 9.98. The maximum atomic E-state index is 12.2. The standard InChI is InChI=1S/C24H23ClN2O3/c1-3-29-23-14-18(15-26-27-24(28)20-10-6-4-8-17(20)2)12-13-22(23)30-16-19-9-5-7-11-21(19)25/h4-15H,3,16H2,1-2H3,(H,27,28)/b26-15-. The monoisotopic (exact) mass is 422 g/mol. The Kier molecular flexibility index (Phi) is 7.46. The topological polar surface area (TPSA) is 59.9 Å². The lowest BCUT2D eigenvalue weighted by atomic mass is 10.1. The predicted octanol–water partition coefficient (Wildman–Crippen LogP) is 5.39. The highest BCUT2D eigenvalue weighted by molar-refractivity contribution is 6.31. The summed E-state index contributed by atoms with van der Waals surface area (Å²) in [5.41, 5.74) is 5.70. The molecule has 0 aliphatic carbocycles. The minimum atomic E-state index is -0.255. The zero-order chi connectivity index (χ0) is 21.3. The van der Waals surface area contributed by atoms with Crippen LogP contribution in [0.3, 0.4) is 0 Å². The van der Waals surface area contributed by atoms with Gasteiger partial charge in [0.25, 0.3) is 5.91 Å². The van der Waals surface area contributed by atoms with Crippen molar-refractivity contribution in [1.29, 1.82) is 0 Å². The maximum Gasteiger partial charge on any atom is 0.271 e. The maximum absolute atomic E-state index is 12.2. The van der Waals surface area contributed by atoms with Crippen LogP contribution < -0.4 is 14.9 Å². The molecular formula is C24H23ClN2O3. The van der Waals surface area contributed by atoms with Gasteiger partial charge >= 0.3 is 0 Å². The summed E-state index contributed by atoms with van der Waals surface area (Å²) in [7, 11) is 0. The molecule has 0 saturated carbocycles. The number of benzene rings is 3.